The molecule has 0 N–H and O–H groups in total. The molecule has 1 aromatic rings. The Morgan fingerprint density at radius 1 is 1.59 bits per heavy atom. The van der Waals surface area contributed by atoms with Gasteiger partial charge in [0.2, 0.25) is 0 Å². The van der Waals surface area contributed by atoms with E-state index in [1.54, 1.807) is 0 Å². The molecule has 0 saturated carbocycles. The van der Waals surface area contributed by atoms with Gasteiger partial charge in [-0.15, -0.1) is 0 Å². The largest absolute Gasteiger partial charge is 0.228 e. The quantitative estimate of drug-likeness (QED) is 0.799. The molecule has 1 aromatic carbocycles. The second kappa shape index (κ2) is 4.07. The third-order valence-corrected chi connectivity index (χ3v) is 5.28. The highest BCUT2D eigenvalue weighted by Gasteiger charge is 2.33. The molecule has 0 aromatic heterocycles. The number of nitrogens with zero attached hydrogens (tertiary/aromatic N) is 1. The van der Waals surface area contributed by atoms with E-state index in [0.29, 0.717) is 24.0 Å². The van der Waals surface area contributed by atoms with Gasteiger partial charge in [-0.05, 0) is 46.0 Å². The van der Waals surface area contributed by atoms with Crippen LogP contribution in [0.3, 0.4) is 0 Å². The van der Waals surface area contributed by atoms with Crippen LogP contribution in [0.2, 0.25) is 0 Å². The number of benzene rings is 1. The monoisotopic (exact) mass is 317 g/mol. The predicted octanol–water partition coefficient (Wildman–Crippen LogP) is 2.49. The van der Waals surface area contributed by atoms with Crippen molar-refractivity contribution in [2.45, 2.75) is 18.1 Å². The third kappa shape index (κ3) is 1.98. The second-order valence-electron chi connectivity index (χ2n) is 4.09. The van der Waals surface area contributed by atoms with E-state index in [1.807, 2.05) is 6.07 Å². The molecule has 0 saturated heterocycles. The molecule has 3 nitrogen and oxygen atoms in total. The number of fused-ring (bicyclic) bond motifs is 1. The molecular weight excluding hydrogens is 309 g/mol. The molecule has 0 spiro atoms. The number of nitriles is 1. The van der Waals surface area contributed by atoms with Gasteiger partial charge in [0.1, 0.15) is 11.9 Å². The van der Waals surface area contributed by atoms with Gasteiger partial charge in [0, 0.05) is 6.26 Å². The predicted molar refractivity (Wildman–Crippen MR) is 64.7 cm³/mol. The van der Waals surface area contributed by atoms with Crippen molar-refractivity contribution >= 4 is 25.8 Å². The molecule has 0 amide bonds. The van der Waals surface area contributed by atoms with Crippen LogP contribution in [0.25, 0.3) is 0 Å². The zero-order chi connectivity index (χ0) is 12.8. The van der Waals surface area contributed by atoms with E-state index in [1.165, 1.54) is 6.07 Å². The van der Waals surface area contributed by atoms with Gasteiger partial charge in [-0.2, -0.15) is 5.26 Å². The Hall–Kier alpha value is -0.930. The molecular formula is C11H9BrFNO2S. The highest BCUT2D eigenvalue weighted by molar-refractivity contribution is 9.10. The summed E-state index contributed by atoms with van der Waals surface area (Å²) in [6.45, 7) is 0. The molecule has 1 atom stereocenters. The number of hydrogen-bond acceptors (Lipinski definition) is 3. The van der Waals surface area contributed by atoms with Crippen LogP contribution < -0.4 is 0 Å². The molecule has 1 aliphatic rings. The maximum absolute atomic E-state index is 13.9. The van der Waals surface area contributed by atoms with Gasteiger partial charge >= 0.3 is 0 Å². The van der Waals surface area contributed by atoms with Crippen molar-refractivity contribution in [3.63, 3.8) is 0 Å². The van der Waals surface area contributed by atoms with Crippen molar-refractivity contribution in [2.75, 3.05) is 6.26 Å². The van der Waals surface area contributed by atoms with Gasteiger partial charge < -0.3 is 0 Å². The summed E-state index contributed by atoms with van der Waals surface area (Å²) in [6.07, 6.45) is 1.91. The molecule has 0 radical (unpaired) electrons. The van der Waals surface area contributed by atoms with Crippen LogP contribution in [0.4, 0.5) is 4.39 Å². The lowest BCUT2D eigenvalue weighted by molar-refractivity contribution is 0.586. The lowest BCUT2D eigenvalue weighted by Gasteiger charge is -2.10. The Morgan fingerprint density at radius 3 is 2.76 bits per heavy atom. The van der Waals surface area contributed by atoms with Crippen molar-refractivity contribution in [3.8, 4) is 6.07 Å². The second-order valence-corrected chi connectivity index (χ2v) is 7.11. The minimum Gasteiger partial charge on any atom is -0.228 e. The van der Waals surface area contributed by atoms with Gasteiger partial charge in [0.25, 0.3) is 0 Å². The van der Waals surface area contributed by atoms with Crippen LogP contribution in [0.5, 0.6) is 0 Å². The van der Waals surface area contributed by atoms with E-state index in [9.17, 15) is 12.8 Å². The van der Waals surface area contributed by atoms with Gasteiger partial charge in [0.15, 0.2) is 9.84 Å². The first kappa shape index (κ1) is 12.5. The molecule has 0 bridgehead atoms. The Bertz CT molecular complexity index is 634. The van der Waals surface area contributed by atoms with E-state index in [-0.39, 0.29) is 10.0 Å². The first-order valence-electron chi connectivity index (χ1n) is 4.96. The highest BCUT2D eigenvalue weighted by atomic mass is 79.9. The molecule has 1 aliphatic carbocycles. The third-order valence-electron chi connectivity index (χ3n) is 2.98. The zero-order valence-corrected chi connectivity index (χ0v) is 11.4. The summed E-state index contributed by atoms with van der Waals surface area (Å²) in [5.74, 6) is -0.509. The molecule has 90 valence electrons. The Balaban J connectivity index is 2.71. The van der Waals surface area contributed by atoms with Crippen molar-refractivity contribution in [2.24, 2.45) is 0 Å². The van der Waals surface area contributed by atoms with E-state index < -0.39 is 20.9 Å². The summed E-state index contributed by atoms with van der Waals surface area (Å²) in [5, 5.41) is 8.18. The summed E-state index contributed by atoms with van der Waals surface area (Å²) < 4.78 is 37.2. The van der Waals surface area contributed by atoms with Gasteiger partial charge in [-0.1, -0.05) is 0 Å². The Labute approximate surface area is 107 Å². The summed E-state index contributed by atoms with van der Waals surface area (Å²) in [5.41, 5.74) is 0.979. The number of halogens is 2. The van der Waals surface area contributed by atoms with Crippen molar-refractivity contribution in [3.05, 3.63) is 33.0 Å². The first-order valence-corrected chi connectivity index (χ1v) is 7.70. The van der Waals surface area contributed by atoms with Gasteiger partial charge in [-0.25, -0.2) is 12.8 Å². The number of rotatable bonds is 1. The Kier molecular flexibility index (Phi) is 3.00. The standard InChI is InChI=1S/C11H9BrFNO2S/c1-17(15,16)9-3-2-7-8(9)4-6(5-14)10(12)11(7)13/h4,9H,2-3H2,1H3. The van der Waals surface area contributed by atoms with Crippen molar-refractivity contribution in [1.29, 1.82) is 5.26 Å². The van der Waals surface area contributed by atoms with E-state index in [4.69, 9.17) is 5.26 Å². The minimum atomic E-state index is -3.26. The zero-order valence-electron chi connectivity index (χ0n) is 9.00. The maximum atomic E-state index is 13.9. The topological polar surface area (TPSA) is 57.9 Å². The average Bonchev–Trinajstić information content (AvgIpc) is 2.66. The smallest absolute Gasteiger partial charge is 0.154 e. The van der Waals surface area contributed by atoms with Crippen molar-refractivity contribution in [1.82, 2.24) is 0 Å². The molecule has 0 heterocycles. The normalized spacial score (nSPS) is 18.8. The van der Waals surface area contributed by atoms with Gasteiger partial charge in [0.05, 0.1) is 15.3 Å². The molecule has 0 fully saturated rings. The van der Waals surface area contributed by atoms with Crippen LogP contribution in [0.1, 0.15) is 28.4 Å². The Morgan fingerprint density at radius 2 is 2.24 bits per heavy atom. The fraction of sp³-hybridized carbons (Fsp3) is 0.364. The summed E-state index contributed by atoms with van der Waals surface area (Å²) in [6, 6.07) is 3.33. The number of sulfone groups is 1. The van der Waals surface area contributed by atoms with Crippen LogP contribution in [-0.4, -0.2) is 14.7 Å². The minimum absolute atomic E-state index is 0.118. The maximum Gasteiger partial charge on any atom is 0.154 e. The van der Waals surface area contributed by atoms with Crippen LogP contribution in [-0.2, 0) is 16.3 Å². The summed E-state index contributed by atoms with van der Waals surface area (Å²) >= 11 is 3.02. The van der Waals surface area contributed by atoms with E-state index >= 15 is 0 Å². The molecule has 17 heavy (non-hydrogen) atoms. The van der Waals surface area contributed by atoms with Crippen molar-refractivity contribution < 1.29 is 12.8 Å². The number of hydrogen-bond donors (Lipinski definition) is 0. The van der Waals surface area contributed by atoms with E-state index in [2.05, 4.69) is 15.9 Å². The average molecular weight is 318 g/mol. The van der Waals surface area contributed by atoms with Crippen LogP contribution >= 0.6 is 15.9 Å². The van der Waals surface area contributed by atoms with E-state index in [0.717, 1.165) is 6.26 Å². The fourth-order valence-corrected chi connectivity index (χ4v) is 3.84. The molecule has 2 rings (SSSR count). The summed E-state index contributed by atoms with van der Waals surface area (Å²) in [4.78, 5) is 0. The lowest BCUT2D eigenvalue weighted by atomic mass is 10.1. The fourth-order valence-electron chi connectivity index (χ4n) is 2.18. The SMILES string of the molecule is CS(=O)(=O)C1CCc2c1cc(C#N)c(Br)c2F. The molecule has 0 aliphatic heterocycles. The summed E-state index contributed by atoms with van der Waals surface area (Å²) in [7, 11) is -3.26. The lowest BCUT2D eigenvalue weighted by Crippen LogP contribution is -2.08. The van der Waals surface area contributed by atoms with Crippen LogP contribution in [0, 0.1) is 17.1 Å². The van der Waals surface area contributed by atoms with Gasteiger partial charge in [-0.3, -0.25) is 0 Å². The highest BCUT2D eigenvalue weighted by Crippen LogP contribution is 2.41. The first-order chi connectivity index (χ1) is 7.86. The molecule has 1 unspecified atom stereocenters. The molecule has 6 heteroatoms. The van der Waals surface area contributed by atoms with Crippen LogP contribution in [0.15, 0.2) is 10.5 Å².